The third-order valence-electron chi connectivity index (χ3n) is 6.15. The summed E-state index contributed by atoms with van der Waals surface area (Å²) < 4.78 is 11.8. The number of carbonyl (C=O) groups excluding carboxylic acids is 2. The number of urea groups is 1. The summed E-state index contributed by atoms with van der Waals surface area (Å²) in [4.78, 5) is 31.2. The lowest BCUT2D eigenvalue weighted by atomic mass is 10.0. The molecule has 4 rings (SSSR count). The van der Waals surface area contributed by atoms with Gasteiger partial charge in [0.2, 0.25) is 5.91 Å². The molecule has 1 aromatic carbocycles. The van der Waals surface area contributed by atoms with Crippen LogP contribution in [0.3, 0.4) is 0 Å². The van der Waals surface area contributed by atoms with Gasteiger partial charge in [0.1, 0.15) is 18.9 Å². The van der Waals surface area contributed by atoms with Crippen LogP contribution < -0.4 is 10.1 Å². The first-order chi connectivity index (χ1) is 16.2. The Morgan fingerprint density at radius 3 is 2.88 bits per heavy atom. The van der Waals surface area contributed by atoms with Gasteiger partial charge in [-0.2, -0.15) is 0 Å². The quantitative estimate of drug-likeness (QED) is 0.603. The number of hydrogen-bond acceptors (Lipinski definition) is 5. The van der Waals surface area contributed by atoms with Crippen LogP contribution in [0.1, 0.15) is 42.7 Å². The van der Waals surface area contributed by atoms with Crippen molar-refractivity contribution in [2.24, 2.45) is 0 Å². The molecule has 1 fully saturated rings. The van der Waals surface area contributed by atoms with E-state index in [4.69, 9.17) is 9.47 Å². The first-order valence-electron chi connectivity index (χ1n) is 11.8. The van der Waals surface area contributed by atoms with Crippen LogP contribution in [0, 0.1) is 0 Å². The highest BCUT2D eigenvalue weighted by Gasteiger charge is 2.34. The van der Waals surface area contributed by atoms with Crippen molar-refractivity contribution in [1.29, 1.82) is 0 Å². The van der Waals surface area contributed by atoms with Crippen LogP contribution in [0.15, 0.2) is 41.8 Å². The first kappa shape index (κ1) is 23.6. The topological polar surface area (TPSA) is 71.1 Å². The number of thiophene rings is 1. The van der Waals surface area contributed by atoms with Gasteiger partial charge in [-0.3, -0.25) is 4.79 Å². The Hall–Kier alpha value is -2.58. The van der Waals surface area contributed by atoms with E-state index >= 15 is 0 Å². The Labute approximate surface area is 199 Å². The van der Waals surface area contributed by atoms with E-state index in [2.05, 4.69) is 16.8 Å². The van der Waals surface area contributed by atoms with E-state index in [1.165, 1.54) is 4.88 Å². The van der Waals surface area contributed by atoms with Crippen molar-refractivity contribution in [3.05, 3.63) is 52.2 Å². The third-order valence-corrected chi connectivity index (χ3v) is 7.15. The fourth-order valence-electron chi connectivity index (χ4n) is 4.42. The van der Waals surface area contributed by atoms with Crippen molar-refractivity contribution < 1.29 is 19.1 Å². The molecular formula is C25H33N3O4S. The molecule has 2 aliphatic heterocycles. The molecule has 0 radical (unpaired) electrons. The van der Waals surface area contributed by atoms with E-state index in [0.717, 1.165) is 43.6 Å². The molecule has 2 aromatic rings. The number of carbonyl (C=O) groups is 2. The normalized spacial score (nSPS) is 19.7. The summed E-state index contributed by atoms with van der Waals surface area (Å²) in [5.41, 5.74) is 1.15. The van der Waals surface area contributed by atoms with Gasteiger partial charge in [-0.1, -0.05) is 25.1 Å². The minimum Gasteiger partial charge on any atom is -0.491 e. The van der Waals surface area contributed by atoms with Crippen LogP contribution in [0.5, 0.6) is 5.75 Å². The molecule has 1 N–H and O–H groups in total. The van der Waals surface area contributed by atoms with E-state index in [-0.39, 0.29) is 30.6 Å². The largest absolute Gasteiger partial charge is 0.491 e. The minimum absolute atomic E-state index is 0.00720. The number of fused-ring (bicyclic) bond motifs is 1. The van der Waals surface area contributed by atoms with Gasteiger partial charge in [0.05, 0.1) is 12.1 Å². The highest BCUT2D eigenvalue weighted by molar-refractivity contribution is 7.10. The van der Waals surface area contributed by atoms with Crippen LogP contribution in [-0.4, -0.2) is 67.2 Å². The summed E-state index contributed by atoms with van der Waals surface area (Å²) in [6.45, 7) is 4.80. The highest BCUT2D eigenvalue weighted by Crippen LogP contribution is 2.34. The number of nitrogens with one attached hydrogen (secondary N) is 1. The fourth-order valence-corrected chi connectivity index (χ4v) is 5.35. The molecule has 2 aliphatic rings. The third kappa shape index (κ3) is 6.06. The first-order valence-corrected chi connectivity index (χ1v) is 12.7. The molecular weight excluding hydrogens is 438 g/mol. The smallest absolute Gasteiger partial charge is 0.317 e. The number of benzene rings is 1. The van der Waals surface area contributed by atoms with Crippen molar-refractivity contribution in [1.82, 2.24) is 15.1 Å². The number of para-hydroxylation sites is 1. The van der Waals surface area contributed by atoms with E-state index < -0.39 is 0 Å². The number of amides is 3. The maximum Gasteiger partial charge on any atom is 0.317 e. The summed E-state index contributed by atoms with van der Waals surface area (Å²) in [7, 11) is 0. The Morgan fingerprint density at radius 1 is 1.27 bits per heavy atom. The van der Waals surface area contributed by atoms with Crippen LogP contribution in [0.4, 0.5) is 4.79 Å². The highest BCUT2D eigenvalue weighted by atomic mass is 32.1. The van der Waals surface area contributed by atoms with Crippen LogP contribution >= 0.6 is 11.3 Å². The Kier molecular flexibility index (Phi) is 8.23. The second-order valence-electron chi connectivity index (χ2n) is 8.52. The summed E-state index contributed by atoms with van der Waals surface area (Å²) in [5, 5.41) is 5.00. The van der Waals surface area contributed by atoms with Crippen molar-refractivity contribution in [2.75, 3.05) is 39.4 Å². The summed E-state index contributed by atoms with van der Waals surface area (Å²) in [6, 6.07) is 11.4. The van der Waals surface area contributed by atoms with Gasteiger partial charge >= 0.3 is 6.03 Å². The summed E-state index contributed by atoms with van der Waals surface area (Å²) in [5.74, 6) is 0.726. The van der Waals surface area contributed by atoms with Crippen molar-refractivity contribution in [3.8, 4) is 5.75 Å². The maximum absolute atomic E-state index is 13.5. The zero-order chi connectivity index (χ0) is 23.0. The molecule has 0 bridgehead atoms. The zero-order valence-electron chi connectivity index (χ0n) is 19.2. The van der Waals surface area contributed by atoms with Gasteiger partial charge < -0.3 is 24.6 Å². The van der Waals surface area contributed by atoms with E-state index in [1.807, 2.05) is 42.2 Å². The fraction of sp³-hybridized carbons (Fsp3) is 0.520. The Morgan fingerprint density at radius 2 is 2.12 bits per heavy atom. The van der Waals surface area contributed by atoms with Crippen LogP contribution in [-0.2, 0) is 16.0 Å². The molecule has 0 saturated carbocycles. The summed E-state index contributed by atoms with van der Waals surface area (Å²) >= 11 is 1.73. The Bertz CT molecular complexity index is 913. The summed E-state index contributed by atoms with van der Waals surface area (Å²) in [6.07, 6.45) is 3.58. The van der Waals surface area contributed by atoms with Crippen molar-refractivity contribution in [2.45, 2.75) is 44.8 Å². The maximum atomic E-state index is 13.5. The number of hydrogen-bond donors (Lipinski definition) is 1. The zero-order valence-corrected chi connectivity index (χ0v) is 20.0. The number of ether oxygens (including phenoxy) is 2. The lowest BCUT2D eigenvalue weighted by Gasteiger charge is -2.37. The Balaban J connectivity index is 1.47. The van der Waals surface area contributed by atoms with Crippen LogP contribution in [0.2, 0.25) is 0 Å². The van der Waals surface area contributed by atoms with Gasteiger partial charge in [0.25, 0.3) is 0 Å². The minimum atomic E-state index is -0.203. The molecule has 0 aliphatic carbocycles. The lowest BCUT2D eigenvalue weighted by Crippen LogP contribution is -2.51. The van der Waals surface area contributed by atoms with Gasteiger partial charge in [-0.25, -0.2) is 4.79 Å². The molecule has 3 amide bonds. The second-order valence-corrected chi connectivity index (χ2v) is 9.52. The average Bonchev–Trinajstić information content (AvgIpc) is 3.53. The predicted octanol–water partition coefficient (Wildman–Crippen LogP) is 3.85. The van der Waals surface area contributed by atoms with E-state index in [9.17, 15) is 9.59 Å². The molecule has 7 nitrogen and oxygen atoms in total. The SMILES string of the molecule is CCCNC(=O)N(CC(=O)N1CCc2sccc2[C@H]1COc1ccccc1)C[C@@H]1CCCO1. The molecule has 1 saturated heterocycles. The molecule has 1 aromatic heterocycles. The standard InChI is InChI=1S/C25H33N3O4S/c1-2-12-26-25(30)27(16-20-9-6-14-31-20)17-24(29)28-13-10-23-21(11-15-33-23)22(28)18-32-19-7-4-3-5-8-19/h3-5,7-8,11,15,20,22H,2,6,9-10,12-14,16-18H2,1H3,(H,26,30)/t20-,22+/m0/s1. The van der Waals surface area contributed by atoms with Crippen molar-refractivity contribution >= 4 is 23.3 Å². The molecule has 8 heteroatoms. The second kappa shape index (κ2) is 11.5. The lowest BCUT2D eigenvalue weighted by molar-refractivity contribution is -0.135. The molecule has 0 spiro atoms. The molecule has 178 valence electrons. The van der Waals surface area contributed by atoms with E-state index in [0.29, 0.717) is 26.2 Å². The monoisotopic (exact) mass is 471 g/mol. The molecule has 33 heavy (non-hydrogen) atoms. The molecule has 0 unspecified atom stereocenters. The number of rotatable bonds is 9. The predicted molar refractivity (Wildman–Crippen MR) is 129 cm³/mol. The molecule has 2 atom stereocenters. The van der Waals surface area contributed by atoms with Gasteiger partial charge in [-0.05, 0) is 54.8 Å². The number of nitrogens with zero attached hydrogens (tertiary/aromatic N) is 2. The molecule has 3 heterocycles. The van der Waals surface area contributed by atoms with Gasteiger partial charge in [0, 0.05) is 31.1 Å². The van der Waals surface area contributed by atoms with Gasteiger partial charge in [-0.15, -0.1) is 11.3 Å². The average molecular weight is 472 g/mol. The van der Waals surface area contributed by atoms with Gasteiger partial charge in [0.15, 0.2) is 0 Å². The van der Waals surface area contributed by atoms with Crippen LogP contribution in [0.25, 0.3) is 0 Å². The van der Waals surface area contributed by atoms with Crippen molar-refractivity contribution in [3.63, 3.8) is 0 Å². The van der Waals surface area contributed by atoms with E-state index in [1.54, 1.807) is 16.2 Å².